The van der Waals surface area contributed by atoms with Crippen LogP contribution in [-0.4, -0.2) is 28.8 Å². The van der Waals surface area contributed by atoms with E-state index in [0.29, 0.717) is 0 Å². The zero-order valence-electron chi connectivity index (χ0n) is 9.81. The minimum Gasteiger partial charge on any atom is -0.339 e. The van der Waals surface area contributed by atoms with Crippen molar-refractivity contribution in [3.8, 4) is 0 Å². The molecule has 1 rings (SSSR count). The summed E-state index contributed by atoms with van der Waals surface area (Å²) in [5.41, 5.74) is -0.969. The van der Waals surface area contributed by atoms with Gasteiger partial charge in [-0.1, -0.05) is 6.07 Å². The van der Waals surface area contributed by atoms with Crippen LogP contribution in [0.4, 0.5) is 10.1 Å². The molecule has 0 saturated carbocycles. The lowest BCUT2D eigenvalue weighted by Crippen LogP contribution is -2.33. The monoisotopic (exact) mass is 240 g/mol. The van der Waals surface area contributed by atoms with Gasteiger partial charge in [-0.2, -0.15) is 4.39 Å². The van der Waals surface area contributed by atoms with Crippen LogP contribution in [0.25, 0.3) is 0 Å². The molecule has 0 aliphatic rings. The number of carbonyl (C=O) groups is 1. The van der Waals surface area contributed by atoms with E-state index in [-0.39, 0.29) is 11.6 Å². The number of benzene rings is 1. The zero-order chi connectivity index (χ0) is 13.2. The minimum atomic E-state index is -1.09. The molecule has 17 heavy (non-hydrogen) atoms. The second-order valence-corrected chi connectivity index (χ2v) is 3.91. The van der Waals surface area contributed by atoms with Gasteiger partial charge in [0, 0.05) is 19.2 Å². The van der Waals surface area contributed by atoms with Crippen LogP contribution in [0.15, 0.2) is 18.2 Å². The molecule has 6 heteroatoms. The number of hydrogen-bond donors (Lipinski definition) is 0. The Labute approximate surface area is 98.0 Å². The van der Waals surface area contributed by atoms with Crippen LogP contribution < -0.4 is 0 Å². The largest absolute Gasteiger partial charge is 0.339 e. The molecule has 5 nitrogen and oxygen atoms in total. The molecule has 0 spiro atoms. The average Bonchev–Trinajstić information content (AvgIpc) is 2.26. The summed E-state index contributed by atoms with van der Waals surface area (Å²) in [6.45, 7) is 3.54. The van der Waals surface area contributed by atoms with E-state index in [1.165, 1.54) is 24.1 Å². The summed E-state index contributed by atoms with van der Waals surface area (Å²) >= 11 is 0. The van der Waals surface area contributed by atoms with Crippen molar-refractivity contribution in [2.24, 2.45) is 0 Å². The van der Waals surface area contributed by atoms with Crippen LogP contribution in [-0.2, 0) is 0 Å². The third-order valence-electron chi connectivity index (χ3n) is 2.50. The fourth-order valence-corrected chi connectivity index (χ4v) is 1.25. The number of halogens is 1. The quantitative estimate of drug-likeness (QED) is 0.601. The Morgan fingerprint density at radius 3 is 2.53 bits per heavy atom. The van der Waals surface area contributed by atoms with Crippen LogP contribution in [0.5, 0.6) is 0 Å². The average molecular weight is 240 g/mol. The summed E-state index contributed by atoms with van der Waals surface area (Å²) in [6.07, 6.45) is 0. The second kappa shape index (κ2) is 4.90. The van der Waals surface area contributed by atoms with E-state index in [2.05, 4.69) is 0 Å². The van der Waals surface area contributed by atoms with Gasteiger partial charge >= 0.3 is 5.69 Å². The van der Waals surface area contributed by atoms with Gasteiger partial charge in [0.05, 0.1) is 10.5 Å². The van der Waals surface area contributed by atoms with Crippen LogP contribution in [0.2, 0.25) is 0 Å². The van der Waals surface area contributed by atoms with E-state index in [9.17, 15) is 19.3 Å². The van der Waals surface area contributed by atoms with Crippen molar-refractivity contribution in [3.05, 3.63) is 39.7 Å². The summed E-state index contributed by atoms with van der Waals surface area (Å²) in [7, 11) is 1.52. The van der Waals surface area contributed by atoms with Crippen LogP contribution in [0.1, 0.15) is 24.2 Å². The van der Waals surface area contributed by atoms with Gasteiger partial charge in [-0.05, 0) is 19.9 Å². The van der Waals surface area contributed by atoms with Gasteiger partial charge in [-0.3, -0.25) is 14.9 Å². The van der Waals surface area contributed by atoms with Crippen LogP contribution >= 0.6 is 0 Å². The summed E-state index contributed by atoms with van der Waals surface area (Å²) in [5, 5.41) is 10.5. The maximum absolute atomic E-state index is 13.7. The molecular formula is C11H13FN2O3. The molecule has 0 N–H and O–H groups in total. The fourth-order valence-electron chi connectivity index (χ4n) is 1.25. The first-order valence-electron chi connectivity index (χ1n) is 5.06. The number of rotatable bonds is 3. The van der Waals surface area contributed by atoms with Crippen molar-refractivity contribution in [1.82, 2.24) is 4.90 Å². The Bertz CT molecular complexity index is 460. The molecule has 1 aromatic carbocycles. The SMILES string of the molecule is CC(C)N(C)C(=O)c1cccc([N+](=O)[O-])c1F. The van der Waals surface area contributed by atoms with Crippen molar-refractivity contribution >= 4 is 11.6 Å². The zero-order valence-corrected chi connectivity index (χ0v) is 9.81. The summed E-state index contributed by atoms with van der Waals surface area (Å²) in [6, 6.07) is 3.45. The highest BCUT2D eigenvalue weighted by molar-refractivity contribution is 5.95. The summed E-state index contributed by atoms with van der Waals surface area (Å²) < 4.78 is 13.7. The molecule has 0 bridgehead atoms. The normalized spacial score (nSPS) is 10.4. The summed E-state index contributed by atoms with van der Waals surface area (Å²) in [4.78, 5) is 22.9. The highest BCUT2D eigenvalue weighted by Crippen LogP contribution is 2.21. The standard InChI is InChI=1S/C11H13FN2O3/c1-7(2)13(3)11(15)8-5-4-6-9(10(8)12)14(16)17/h4-7H,1-3H3. The predicted octanol–water partition coefficient (Wildman–Crippen LogP) is 2.21. The Hall–Kier alpha value is -1.98. The minimum absolute atomic E-state index is 0.110. The van der Waals surface area contributed by atoms with Crippen molar-refractivity contribution in [2.45, 2.75) is 19.9 Å². The Balaban J connectivity index is 3.20. The number of carbonyl (C=O) groups excluding carboxylic acids is 1. The van der Waals surface area contributed by atoms with E-state index in [0.717, 1.165) is 6.07 Å². The Morgan fingerprint density at radius 2 is 2.06 bits per heavy atom. The van der Waals surface area contributed by atoms with E-state index < -0.39 is 22.3 Å². The van der Waals surface area contributed by atoms with Crippen molar-refractivity contribution < 1.29 is 14.1 Å². The van der Waals surface area contributed by atoms with E-state index in [1.54, 1.807) is 13.8 Å². The van der Waals surface area contributed by atoms with Gasteiger partial charge in [0.2, 0.25) is 5.82 Å². The van der Waals surface area contributed by atoms with Crippen LogP contribution in [0.3, 0.4) is 0 Å². The molecule has 1 amide bonds. The number of hydrogen-bond acceptors (Lipinski definition) is 3. The lowest BCUT2D eigenvalue weighted by atomic mass is 10.1. The number of nitro benzene ring substituents is 1. The molecule has 0 aliphatic heterocycles. The molecule has 0 atom stereocenters. The first-order chi connectivity index (χ1) is 7.86. The molecule has 92 valence electrons. The topological polar surface area (TPSA) is 63.5 Å². The second-order valence-electron chi connectivity index (χ2n) is 3.91. The van der Waals surface area contributed by atoms with E-state index in [1.807, 2.05) is 0 Å². The first kappa shape index (κ1) is 13.1. The molecular weight excluding hydrogens is 227 g/mol. The van der Waals surface area contributed by atoms with Crippen LogP contribution in [0, 0.1) is 15.9 Å². The molecule has 0 aliphatic carbocycles. The number of nitrogens with zero attached hydrogens (tertiary/aromatic N) is 2. The smallest absolute Gasteiger partial charge is 0.305 e. The first-order valence-corrected chi connectivity index (χ1v) is 5.06. The number of amides is 1. The van der Waals surface area contributed by atoms with Gasteiger partial charge in [0.25, 0.3) is 5.91 Å². The fraction of sp³-hybridized carbons (Fsp3) is 0.364. The third kappa shape index (κ3) is 2.58. The third-order valence-corrected chi connectivity index (χ3v) is 2.50. The Morgan fingerprint density at radius 1 is 1.47 bits per heavy atom. The van der Waals surface area contributed by atoms with Crippen molar-refractivity contribution in [2.75, 3.05) is 7.05 Å². The van der Waals surface area contributed by atoms with Gasteiger partial charge in [0.1, 0.15) is 0 Å². The van der Waals surface area contributed by atoms with E-state index >= 15 is 0 Å². The number of nitro groups is 1. The molecule has 0 saturated heterocycles. The molecule has 0 aromatic heterocycles. The summed E-state index contributed by atoms with van der Waals surface area (Å²) in [5.74, 6) is -1.66. The highest BCUT2D eigenvalue weighted by Gasteiger charge is 2.24. The molecule has 0 fully saturated rings. The molecule has 0 heterocycles. The highest BCUT2D eigenvalue weighted by atomic mass is 19.1. The van der Waals surface area contributed by atoms with Crippen molar-refractivity contribution in [3.63, 3.8) is 0 Å². The van der Waals surface area contributed by atoms with E-state index in [4.69, 9.17) is 0 Å². The van der Waals surface area contributed by atoms with Gasteiger partial charge in [0.15, 0.2) is 0 Å². The predicted molar refractivity (Wildman–Crippen MR) is 60.3 cm³/mol. The lowest BCUT2D eigenvalue weighted by molar-refractivity contribution is -0.387. The molecule has 0 unspecified atom stereocenters. The maximum Gasteiger partial charge on any atom is 0.305 e. The van der Waals surface area contributed by atoms with Gasteiger partial charge < -0.3 is 4.90 Å². The van der Waals surface area contributed by atoms with Gasteiger partial charge in [-0.15, -0.1) is 0 Å². The molecule has 1 aromatic rings. The lowest BCUT2D eigenvalue weighted by Gasteiger charge is -2.21. The Kier molecular flexibility index (Phi) is 3.77. The molecule has 0 radical (unpaired) electrons. The maximum atomic E-state index is 13.7. The van der Waals surface area contributed by atoms with Gasteiger partial charge in [-0.25, -0.2) is 0 Å². The van der Waals surface area contributed by atoms with Crippen molar-refractivity contribution in [1.29, 1.82) is 0 Å².